The number of nitrogens with zero attached hydrogens (tertiary/aromatic N) is 3. The molecular formula is C22H27N3O2. The van der Waals surface area contributed by atoms with Crippen LogP contribution in [0.2, 0.25) is 0 Å². The third kappa shape index (κ3) is 2.47. The molecule has 3 atom stereocenters. The van der Waals surface area contributed by atoms with Gasteiger partial charge in [-0.15, -0.1) is 0 Å². The van der Waals surface area contributed by atoms with Gasteiger partial charge in [-0.2, -0.15) is 5.10 Å². The summed E-state index contributed by atoms with van der Waals surface area (Å²) in [5, 5.41) is 5.47. The fourth-order valence-electron chi connectivity index (χ4n) is 5.48. The monoisotopic (exact) mass is 365 g/mol. The Hall–Kier alpha value is -2.17. The number of carbonyl (C=O) groups is 2. The molecule has 0 radical (unpaired) electrons. The van der Waals surface area contributed by atoms with Crippen LogP contribution in [0.15, 0.2) is 12.1 Å². The SMILES string of the molecule is CC[C@@H]1C[C@@]2(C)C[C@H]2N1C(=O)Cn1nc(C(C)=O)c2cc3c(cc21)CCC3. The first-order valence-corrected chi connectivity index (χ1v) is 10.3. The second-order valence-corrected chi connectivity index (χ2v) is 9.00. The van der Waals surface area contributed by atoms with Crippen molar-refractivity contribution in [3.05, 3.63) is 29.0 Å². The molecular weight excluding hydrogens is 338 g/mol. The van der Waals surface area contributed by atoms with E-state index in [9.17, 15) is 9.59 Å². The van der Waals surface area contributed by atoms with Crippen LogP contribution in [0.1, 0.15) is 68.1 Å². The highest BCUT2D eigenvalue weighted by atomic mass is 16.2. The molecule has 2 heterocycles. The number of hydrogen-bond donors (Lipinski definition) is 0. The molecule has 2 aliphatic carbocycles. The van der Waals surface area contributed by atoms with Gasteiger partial charge in [0.05, 0.1) is 5.52 Å². The zero-order valence-electron chi connectivity index (χ0n) is 16.4. The lowest BCUT2D eigenvalue weighted by Crippen LogP contribution is -2.40. The van der Waals surface area contributed by atoms with Crippen LogP contribution < -0.4 is 0 Å². The van der Waals surface area contributed by atoms with Crippen molar-refractivity contribution in [1.29, 1.82) is 0 Å². The van der Waals surface area contributed by atoms with Crippen molar-refractivity contribution in [2.24, 2.45) is 5.41 Å². The molecule has 1 saturated carbocycles. The molecule has 5 rings (SSSR count). The smallest absolute Gasteiger partial charge is 0.244 e. The first-order chi connectivity index (χ1) is 12.9. The molecule has 1 aromatic carbocycles. The molecule has 27 heavy (non-hydrogen) atoms. The van der Waals surface area contributed by atoms with Crippen molar-refractivity contribution < 1.29 is 9.59 Å². The lowest BCUT2D eigenvalue weighted by Gasteiger charge is -2.26. The highest BCUT2D eigenvalue weighted by Gasteiger charge is 2.62. The molecule has 2 fully saturated rings. The summed E-state index contributed by atoms with van der Waals surface area (Å²) < 4.78 is 1.78. The molecule has 5 nitrogen and oxygen atoms in total. The maximum absolute atomic E-state index is 13.2. The number of rotatable bonds is 4. The quantitative estimate of drug-likeness (QED) is 0.779. The Morgan fingerprint density at radius 2 is 1.96 bits per heavy atom. The predicted molar refractivity (Wildman–Crippen MR) is 104 cm³/mol. The topological polar surface area (TPSA) is 55.2 Å². The molecule has 1 aromatic heterocycles. The Morgan fingerprint density at radius 3 is 2.67 bits per heavy atom. The summed E-state index contributed by atoms with van der Waals surface area (Å²) in [4.78, 5) is 27.5. The van der Waals surface area contributed by atoms with Crippen LogP contribution in [0, 0.1) is 5.41 Å². The van der Waals surface area contributed by atoms with Crippen LogP contribution in [0.5, 0.6) is 0 Å². The minimum atomic E-state index is -0.0356. The van der Waals surface area contributed by atoms with Gasteiger partial charge in [0, 0.05) is 24.4 Å². The van der Waals surface area contributed by atoms with Crippen molar-refractivity contribution in [2.45, 2.75) is 77.9 Å². The number of amides is 1. The van der Waals surface area contributed by atoms with Gasteiger partial charge in [-0.1, -0.05) is 13.8 Å². The molecule has 1 amide bonds. The normalized spacial score (nSPS) is 28.5. The summed E-state index contributed by atoms with van der Waals surface area (Å²) in [6.07, 6.45) is 6.55. The highest BCUT2D eigenvalue weighted by Crippen LogP contribution is 2.59. The molecule has 3 aliphatic rings. The summed E-state index contributed by atoms with van der Waals surface area (Å²) in [6.45, 7) is 6.25. The van der Waals surface area contributed by atoms with Gasteiger partial charge >= 0.3 is 0 Å². The van der Waals surface area contributed by atoms with Gasteiger partial charge in [-0.3, -0.25) is 14.3 Å². The fraction of sp³-hybridized carbons (Fsp3) is 0.591. The number of likely N-dealkylation sites (tertiary alicyclic amines) is 1. The Bertz CT molecular complexity index is 976. The van der Waals surface area contributed by atoms with Gasteiger partial charge in [-0.25, -0.2) is 0 Å². The third-order valence-electron chi connectivity index (χ3n) is 7.08. The number of aryl methyl sites for hydroxylation is 2. The molecule has 1 aliphatic heterocycles. The molecule has 5 heteroatoms. The zero-order chi connectivity index (χ0) is 18.9. The fourth-order valence-corrected chi connectivity index (χ4v) is 5.48. The van der Waals surface area contributed by atoms with Crippen LogP contribution in [-0.4, -0.2) is 38.5 Å². The second-order valence-electron chi connectivity index (χ2n) is 9.00. The van der Waals surface area contributed by atoms with E-state index in [1.807, 2.05) is 0 Å². The first kappa shape index (κ1) is 17.0. The first-order valence-electron chi connectivity index (χ1n) is 10.3. The zero-order valence-corrected chi connectivity index (χ0v) is 16.4. The maximum atomic E-state index is 13.2. The van der Waals surface area contributed by atoms with Gasteiger partial charge in [0.15, 0.2) is 5.78 Å². The van der Waals surface area contributed by atoms with E-state index in [0.29, 0.717) is 23.2 Å². The average molecular weight is 365 g/mol. The number of benzene rings is 1. The number of aromatic nitrogens is 2. The number of hydrogen-bond acceptors (Lipinski definition) is 3. The Labute approximate surface area is 159 Å². The Morgan fingerprint density at radius 1 is 1.22 bits per heavy atom. The Balaban J connectivity index is 1.52. The van der Waals surface area contributed by atoms with Crippen molar-refractivity contribution in [2.75, 3.05) is 0 Å². The van der Waals surface area contributed by atoms with E-state index in [0.717, 1.165) is 49.4 Å². The molecule has 0 N–H and O–H groups in total. The van der Waals surface area contributed by atoms with Crippen molar-refractivity contribution in [1.82, 2.24) is 14.7 Å². The minimum Gasteiger partial charge on any atom is -0.335 e. The molecule has 2 aromatic rings. The van der Waals surface area contributed by atoms with Gasteiger partial charge in [0.2, 0.25) is 5.91 Å². The standard InChI is InChI=1S/C22H27N3O2/c1-4-16-10-22(3)11-19(22)25(16)20(27)12-24-18-9-15-7-5-6-14(15)8-17(18)21(23-24)13(2)26/h8-9,16,19H,4-7,10-12H2,1-3H3/t16-,19-,22+/m1/s1. The third-order valence-corrected chi connectivity index (χ3v) is 7.08. The lowest BCUT2D eigenvalue weighted by atomic mass is 10.0. The van der Waals surface area contributed by atoms with Crippen molar-refractivity contribution in [3.63, 3.8) is 0 Å². The number of Topliss-reactive ketones (excluding diaryl/α,β-unsaturated/α-hetero) is 1. The van der Waals surface area contributed by atoms with Gasteiger partial charge in [-0.05, 0) is 67.2 Å². The summed E-state index contributed by atoms with van der Waals surface area (Å²) >= 11 is 0. The average Bonchev–Trinajstić information content (AvgIpc) is 2.98. The van der Waals surface area contributed by atoms with Crippen LogP contribution >= 0.6 is 0 Å². The largest absolute Gasteiger partial charge is 0.335 e. The molecule has 1 saturated heterocycles. The van der Waals surface area contributed by atoms with Crippen molar-refractivity contribution in [3.8, 4) is 0 Å². The predicted octanol–water partition coefficient (Wildman–Crippen LogP) is 3.52. The maximum Gasteiger partial charge on any atom is 0.244 e. The number of fused-ring (bicyclic) bond motifs is 3. The van der Waals surface area contributed by atoms with Crippen LogP contribution in [0.4, 0.5) is 0 Å². The van der Waals surface area contributed by atoms with E-state index in [2.05, 4.69) is 36.0 Å². The van der Waals surface area contributed by atoms with E-state index < -0.39 is 0 Å². The summed E-state index contributed by atoms with van der Waals surface area (Å²) in [5.74, 6) is 0.111. The van der Waals surface area contributed by atoms with Crippen LogP contribution in [0.25, 0.3) is 10.9 Å². The van der Waals surface area contributed by atoms with E-state index in [-0.39, 0.29) is 18.2 Å². The summed E-state index contributed by atoms with van der Waals surface area (Å²) in [5.41, 5.74) is 4.43. The number of carbonyl (C=O) groups excluding carboxylic acids is 2. The minimum absolute atomic E-state index is 0.0356. The van der Waals surface area contributed by atoms with Crippen LogP contribution in [-0.2, 0) is 24.2 Å². The summed E-state index contributed by atoms with van der Waals surface area (Å²) in [6, 6.07) is 5.03. The summed E-state index contributed by atoms with van der Waals surface area (Å²) in [7, 11) is 0. The highest BCUT2D eigenvalue weighted by molar-refractivity contribution is 6.05. The van der Waals surface area contributed by atoms with E-state index >= 15 is 0 Å². The van der Waals surface area contributed by atoms with Gasteiger partial charge < -0.3 is 4.90 Å². The van der Waals surface area contributed by atoms with Crippen LogP contribution in [0.3, 0.4) is 0 Å². The van der Waals surface area contributed by atoms with Crippen molar-refractivity contribution >= 4 is 22.6 Å². The van der Waals surface area contributed by atoms with Gasteiger partial charge in [0.1, 0.15) is 12.2 Å². The van der Waals surface area contributed by atoms with E-state index in [4.69, 9.17) is 0 Å². The number of piperidine rings is 1. The Kier molecular flexibility index (Phi) is 3.56. The molecule has 0 unspecified atom stereocenters. The molecule has 142 valence electrons. The van der Waals surface area contributed by atoms with E-state index in [1.54, 1.807) is 11.6 Å². The van der Waals surface area contributed by atoms with Gasteiger partial charge in [0.25, 0.3) is 0 Å². The molecule has 0 spiro atoms. The lowest BCUT2D eigenvalue weighted by molar-refractivity contribution is -0.134. The number of ketones is 1. The van der Waals surface area contributed by atoms with E-state index in [1.165, 1.54) is 11.1 Å². The second kappa shape index (κ2) is 5.66. The molecule has 0 bridgehead atoms.